The molecule has 0 spiro atoms. The molecule has 12 heavy (non-hydrogen) atoms. The van der Waals surface area contributed by atoms with Crippen LogP contribution in [-0.4, -0.2) is 40.8 Å². The minimum atomic E-state index is -0.691. The van der Waals surface area contributed by atoms with Crippen molar-refractivity contribution in [2.75, 3.05) is 19.6 Å². The van der Waals surface area contributed by atoms with E-state index in [0.717, 1.165) is 0 Å². The molecular weight excluding hydrogens is 204 g/mol. The van der Waals surface area contributed by atoms with Gasteiger partial charge in [0.25, 0.3) is 0 Å². The Balaban J connectivity index is 2.24. The first-order valence-electron chi connectivity index (χ1n) is 5.59. The Kier molecular flexibility index (Phi) is 5.44. The molecule has 0 aliphatic carbocycles. The summed E-state index contributed by atoms with van der Waals surface area (Å²) < 4.78 is 0. The van der Waals surface area contributed by atoms with Gasteiger partial charge in [-0.05, 0) is 0 Å². The van der Waals surface area contributed by atoms with Crippen molar-refractivity contribution >= 4 is 16.2 Å². The average Bonchev–Trinajstić information content (AvgIpc) is 2.05. The summed E-state index contributed by atoms with van der Waals surface area (Å²) in [6.45, 7) is 8.75. The van der Waals surface area contributed by atoms with Crippen LogP contribution < -0.4 is 0 Å². The van der Waals surface area contributed by atoms with E-state index >= 15 is 0 Å². The van der Waals surface area contributed by atoms with Crippen molar-refractivity contribution in [2.45, 2.75) is 41.6 Å². The van der Waals surface area contributed by atoms with Gasteiger partial charge in [-0.1, -0.05) is 0 Å². The van der Waals surface area contributed by atoms with E-state index in [-0.39, 0.29) is 0 Å². The molecule has 1 nitrogen and oxygen atoms in total. The third-order valence-electron chi connectivity index (χ3n) is 3.20. The monoisotopic (exact) mass is 225 g/mol. The molecule has 0 amide bonds. The number of rotatable bonds is 2. The normalized spacial score (nSPS) is 22.0. The third-order valence-corrected chi connectivity index (χ3v) is 10.8. The van der Waals surface area contributed by atoms with Gasteiger partial charge in [0.05, 0.1) is 0 Å². The topological polar surface area (TPSA) is 3.24 Å². The molecule has 0 aromatic heterocycles. The van der Waals surface area contributed by atoms with Gasteiger partial charge in [0.15, 0.2) is 0 Å². The maximum absolute atomic E-state index is 2.62. The van der Waals surface area contributed by atoms with Crippen LogP contribution in [0.3, 0.4) is 0 Å². The summed E-state index contributed by atoms with van der Waals surface area (Å²) in [6.07, 6.45) is 3.01. The standard InChI is InChI=1S/C8H17N.C2H5.Ga/c1-4-7-9(6-3)8-5-2;1-2;/h1-2,4-8H2,3H3;1H2,2H3;. The van der Waals surface area contributed by atoms with Gasteiger partial charge in [0.2, 0.25) is 0 Å². The average molecular weight is 226 g/mol. The second kappa shape index (κ2) is 6.11. The molecule has 1 fully saturated rings. The molecule has 0 bridgehead atoms. The zero-order valence-corrected chi connectivity index (χ0v) is 11.1. The Bertz CT molecular complexity index is 94.4. The van der Waals surface area contributed by atoms with E-state index in [2.05, 4.69) is 18.7 Å². The van der Waals surface area contributed by atoms with Crippen LogP contribution in [0.2, 0.25) is 14.9 Å². The van der Waals surface area contributed by atoms with Crippen molar-refractivity contribution in [1.29, 1.82) is 0 Å². The van der Waals surface area contributed by atoms with E-state index in [0.29, 0.717) is 0 Å². The van der Waals surface area contributed by atoms with Gasteiger partial charge < -0.3 is 0 Å². The molecule has 1 aliphatic rings. The van der Waals surface area contributed by atoms with E-state index in [1.165, 1.54) is 32.5 Å². The van der Waals surface area contributed by atoms with Gasteiger partial charge in [-0.3, -0.25) is 0 Å². The molecule has 0 radical (unpaired) electrons. The molecule has 0 aromatic carbocycles. The SMILES string of the molecule is CCN1CC[CH2][Ga]([CH2]C)[CH2]CC1. The van der Waals surface area contributed by atoms with Crippen molar-refractivity contribution < 1.29 is 0 Å². The first-order valence-corrected chi connectivity index (χ1v) is 10.7. The fourth-order valence-corrected chi connectivity index (χ4v) is 7.70. The van der Waals surface area contributed by atoms with Crippen molar-refractivity contribution in [1.82, 2.24) is 4.90 Å². The summed E-state index contributed by atoms with van der Waals surface area (Å²) in [7, 11) is 0. The molecule has 1 saturated heterocycles. The zero-order valence-electron chi connectivity index (χ0n) is 8.68. The van der Waals surface area contributed by atoms with Crippen LogP contribution in [0, 0.1) is 0 Å². The summed E-state index contributed by atoms with van der Waals surface area (Å²) in [5, 5.41) is 0. The Morgan fingerprint density at radius 2 is 1.67 bits per heavy atom. The van der Waals surface area contributed by atoms with Crippen LogP contribution in [0.1, 0.15) is 26.7 Å². The van der Waals surface area contributed by atoms with Crippen molar-refractivity contribution in [3.63, 3.8) is 0 Å². The second-order valence-corrected chi connectivity index (χ2v) is 11.8. The molecule has 1 aliphatic heterocycles. The van der Waals surface area contributed by atoms with E-state index in [9.17, 15) is 0 Å². The Labute approximate surface area is 82.6 Å². The van der Waals surface area contributed by atoms with Gasteiger partial charge in [-0.15, -0.1) is 0 Å². The van der Waals surface area contributed by atoms with Crippen molar-refractivity contribution in [3.05, 3.63) is 0 Å². The fraction of sp³-hybridized carbons (Fsp3) is 1.00. The van der Waals surface area contributed by atoms with E-state index in [1.807, 2.05) is 0 Å². The molecule has 0 aromatic rings. The number of hydrogen-bond acceptors (Lipinski definition) is 1. The number of hydrogen-bond donors (Lipinski definition) is 0. The molecule has 2 heteroatoms. The Morgan fingerprint density at radius 3 is 2.08 bits per heavy atom. The molecule has 0 N–H and O–H groups in total. The predicted molar refractivity (Wildman–Crippen MR) is 57.2 cm³/mol. The summed E-state index contributed by atoms with van der Waals surface area (Å²) >= 11 is -0.691. The number of nitrogens with zero attached hydrogens (tertiary/aromatic N) is 1. The summed E-state index contributed by atoms with van der Waals surface area (Å²) in [5.74, 6) is 0. The van der Waals surface area contributed by atoms with Crippen molar-refractivity contribution in [3.8, 4) is 0 Å². The molecule has 1 rings (SSSR count). The molecule has 0 unspecified atom stereocenters. The van der Waals surface area contributed by atoms with Crippen LogP contribution >= 0.6 is 0 Å². The first kappa shape index (κ1) is 10.7. The fourth-order valence-electron chi connectivity index (χ4n) is 2.19. The van der Waals surface area contributed by atoms with Gasteiger partial charge in [-0.2, -0.15) is 0 Å². The minimum absolute atomic E-state index is 0.691. The van der Waals surface area contributed by atoms with Gasteiger partial charge >= 0.3 is 82.4 Å². The van der Waals surface area contributed by atoms with Gasteiger partial charge in [0.1, 0.15) is 0 Å². The molecule has 70 valence electrons. The summed E-state index contributed by atoms with van der Waals surface area (Å²) in [4.78, 5) is 7.51. The molecule has 0 saturated carbocycles. The Hall–Kier alpha value is 0.596. The Morgan fingerprint density at radius 1 is 1.08 bits per heavy atom. The van der Waals surface area contributed by atoms with E-state index < -0.39 is 16.2 Å². The summed E-state index contributed by atoms with van der Waals surface area (Å²) in [6, 6.07) is 0. The van der Waals surface area contributed by atoms with Crippen LogP contribution in [0.4, 0.5) is 0 Å². The van der Waals surface area contributed by atoms with Crippen molar-refractivity contribution in [2.24, 2.45) is 0 Å². The van der Waals surface area contributed by atoms with Gasteiger partial charge in [0, 0.05) is 0 Å². The third kappa shape index (κ3) is 3.54. The first-order chi connectivity index (χ1) is 5.86. The van der Waals surface area contributed by atoms with E-state index in [1.54, 1.807) is 14.9 Å². The molecule has 1 heterocycles. The molecular formula is C10H22GaN. The zero-order chi connectivity index (χ0) is 8.81. The predicted octanol–water partition coefficient (Wildman–Crippen LogP) is 2.62. The quantitative estimate of drug-likeness (QED) is 0.654. The van der Waals surface area contributed by atoms with E-state index in [4.69, 9.17) is 0 Å². The van der Waals surface area contributed by atoms with Crippen LogP contribution in [0.5, 0.6) is 0 Å². The summed E-state index contributed by atoms with van der Waals surface area (Å²) in [5.41, 5.74) is 0. The van der Waals surface area contributed by atoms with Crippen LogP contribution in [0.25, 0.3) is 0 Å². The van der Waals surface area contributed by atoms with Crippen LogP contribution in [0.15, 0.2) is 0 Å². The molecule has 0 atom stereocenters. The second-order valence-electron chi connectivity index (χ2n) is 3.99. The van der Waals surface area contributed by atoms with Crippen LogP contribution in [-0.2, 0) is 0 Å². The van der Waals surface area contributed by atoms with Gasteiger partial charge in [-0.25, -0.2) is 0 Å². The maximum atomic E-state index is 2.62.